The van der Waals surface area contributed by atoms with Crippen LogP contribution in [-0.4, -0.2) is 190 Å². The molecule has 0 saturated carbocycles. The fourth-order valence-electron chi connectivity index (χ4n) is 5.90. The van der Waals surface area contributed by atoms with Crippen molar-refractivity contribution in [1.29, 1.82) is 0 Å². The van der Waals surface area contributed by atoms with Crippen molar-refractivity contribution in [2.45, 2.75) is 92.1 Å². The second-order valence-electron chi connectivity index (χ2n) is 13.3. The topological polar surface area (TPSA) is 362 Å². The van der Waals surface area contributed by atoms with E-state index < -0.39 is 135 Å². The molecule has 22 heteroatoms. The van der Waals surface area contributed by atoms with Crippen molar-refractivity contribution in [2.24, 2.45) is 0 Å². The van der Waals surface area contributed by atoms with Crippen LogP contribution in [0.25, 0.3) is 12.2 Å². The second kappa shape index (κ2) is 19.5. The molecule has 0 amide bonds. The SMILES string of the molecule is O=C(C=Cc1ccc(O[C@@H]2O[C@H](CO)[C@@H](O)[C@H](O)[C@H]2O)c(O)c1)OC[C@H]1O[C@@H](OC(=O)C=Cc2ccc(O[C@@H]3O[C@H](CO)[C@@H](O)[C@H](O)[C@H]3O)c(O)c2)[C@H](O)[C@@H](O)[C@@H]1O. The summed E-state index contributed by atoms with van der Waals surface area (Å²) in [6.45, 7) is -2.08. The van der Waals surface area contributed by atoms with E-state index in [4.69, 9.17) is 33.2 Å². The third-order valence-corrected chi connectivity index (χ3v) is 9.26. The number of phenolic OH excluding ortho intramolecular Hbond substituents is 2. The summed E-state index contributed by atoms with van der Waals surface area (Å²) < 4.78 is 36.8. The maximum atomic E-state index is 12.6. The van der Waals surface area contributed by atoms with Gasteiger partial charge < -0.3 is 99.5 Å². The second-order valence-corrected chi connectivity index (χ2v) is 13.3. The Labute approximate surface area is 327 Å². The third-order valence-electron chi connectivity index (χ3n) is 9.26. The number of aliphatic hydroxyl groups excluding tert-OH is 11. The number of esters is 2. The van der Waals surface area contributed by atoms with E-state index >= 15 is 0 Å². The van der Waals surface area contributed by atoms with E-state index in [1.165, 1.54) is 36.4 Å². The normalized spacial score (nSPS) is 35.5. The smallest absolute Gasteiger partial charge is 0.333 e. The van der Waals surface area contributed by atoms with Crippen LogP contribution in [0.2, 0.25) is 0 Å². The Kier molecular flexibility index (Phi) is 15.0. The highest BCUT2D eigenvalue weighted by molar-refractivity contribution is 5.87. The van der Waals surface area contributed by atoms with Gasteiger partial charge in [0.25, 0.3) is 0 Å². The van der Waals surface area contributed by atoms with E-state index in [-0.39, 0.29) is 22.6 Å². The third kappa shape index (κ3) is 10.4. The first kappa shape index (κ1) is 44.6. The molecule has 0 bridgehead atoms. The van der Waals surface area contributed by atoms with Gasteiger partial charge in [0.1, 0.15) is 79.9 Å². The molecule has 58 heavy (non-hydrogen) atoms. The van der Waals surface area contributed by atoms with Gasteiger partial charge in [-0.25, -0.2) is 9.59 Å². The summed E-state index contributed by atoms with van der Waals surface area (Å²) in [5.41, 5.74) is 0.456. The minimum Gasteiger partial charge on any atom is -0.504 e. The van der Waals surface area contributed by atoms with Gasteiger partial charge in [-0.2, -0.15) is 0 Å². The molecular weight excluding hydrogens is 784 g/mol. The van der Waals surface area contributed by atoms with Crippen LogP contribution in [0.15, 0.2) is 48.6 Å². The molecule has 320 valence electrons. The number of carbonyl (C=O) groups is 2. The number of aromatic hydroxyl groups is 2. The van der Waals surface area contributed by atoms with Crippen molar-refractivity contribution in [3.05, 3.63) is 59.7 Å². The number of aliphatic hydroxyl groups is 11. The van der Waals surface area contributed by atoms with Crippen molar-refractivity contribution in [3.63, 3.8) is 0 Å². The molecule has 0 spiro atoms. The summed E-state index contributed by atoms with van der Waals surface area (Å²) in [7, 11) is 0. The molecule has 5 rings (SSSR count). The Morgan fingerprint density at radius 1 is 0.534 bits per heavy atom. The molecule has 0 radical (unpaired) electrons. The van der Waals surface area contributed by atoms with Crippen LogP contribution in [0, 0.1) is 0 Å². The number of ether oxygens (including phenoxy) is 7. The van der Waals surface area contributed by atoms with E-state index in [0.29, 0.717) is 0 Å². The fourth-order valence-corrected chi connectivity index (χ4v) is 5.90. The molecule has 3 heterocycles. The van der Waals surface area contributed by atoms with Gasteiger partial charge in [0, 0.05) is 12.2 Å². The Bertz CT molecular complexity index is 1760. The van der Waals surface area contributed by atoms with Gasteiger partial charge in [-0.05, 0) is 47.5 Å². The van der Waals surface area contributed by atoms with Gasteiger partial charge in [-0.15, -0.1) is 0 Å². The molecule has 0 aromatic heterocycles. The van der Waals surface area contributed by atoms with Gasteiger partial charge >= 0.3 is 11.9 Å². The molecule has 3 aliphatic heterocycles. The monoisotopic (exact) mass is 828 g/mol. The molecular formula is C36H44O22. The Morgan fingerprint density at radius 3 is 1.36 bits per heavy atom. The molecule has 2 aromatic rings. The largest absolute Gasteiger partial charge is 0.504 e. The molecule has 0 aliphatic carbocycles. The molecule has 3 saturated heterocycles. The van der Waals surface area contributed by atoms with E-state index in [2.05, 4.69) is 0 Å². The lowest BCUT2D eigenvalue weighted by Gasteiger charge is -2.39. The maximum Gasteiger partial charge on any atom is 0.333 e. The van der Waals surface area contributed by atoms with Crippen LogP contribution in [0.3, 0.4) is 0 Å². The number of hydrogen-bond donors (Lipinski definition) is 13. The molecule has 3 fully saturated rings. The number of rotatable bonds is 13. The highest BCUT2D eigenvalue weighted by Gasteiger charge is 2.47. The van der Waals surface area contributed by atoms with Crippen LogP contribution in [-0.2, 0) is 33.3 Å². The van der Waals surface area contributed by atoms with E-state index in [0.717, 1.165) is 24.3 Å². The first-order valence-electron chi connectivity index (χ1n) is 17.6. The zero-order valence-electron chi connectivity index (χ0n) is 30.0. The summed E-state index contributed by atoms with van der Waals surface area (Å²) in [6.07, 6.45) is -20.5. The summed E-state index contributed by atoms with van der Waals surface area (Å²) >= 11 is 0. The Morgan fingerprint density at radius 2 is 0.931 bits per heavy atom. The van der Waals surface area contributed by atoms with Crippen molar-refractivity contribution in [3.8, 4) is 23.0 Å². The first-order chi connectivity index (χ1) is 27.5. The number of carbonyl (C=O) groups excluding carboxylic acids is 2. The quantitative estimate of drug-likeness (QED) is 0.0664. The molecule has 3 aliphatic rings. The predicted octanol–water partition coefficient (Wildman–Crippen LogP) is -4.92. The zero-order chi connectivity index (χ0) is 42.4. The molecule has 22 nitrogen and oxygen atoms in total. The molecule has 2 aromatic carbocycles. The van der Waals surface area contributed by atoms with Crippen molar-refractivity contribution in [1.82, 2.24) is 0 Å². The lowest BCUT2D eigenvalue weighted by atomic mass is 9.99. The first-order valence-corrected chi connectivity index (χ1v) is 17.6. The summed E-state index contributed by atoms with van der Waals surface area (Å²) in [5.74, 6) is -3.52. The van der Waals surface area contributed by atoms with Crippen molar-refractivity contribution >= 4 is 24.1 Å². The van der Waals surface area contributed by atoms with Gasteiger partial charge in [-0.1, -0.05) is 12.1 Å². The van der Waals surface area contributed by atoms with Crippen LogP contribution in [0.4, 0.5) is 0 Å². The minimum atomic E-state index is -1.93. The van der Waals surface area contributed by atoms with Gasteiger partial charge in [-0.3, -0.25) is 0 Å². The summed E-state index contributed by atoms with van der Waals surface area (Å²) in [4.78, 5) is 25.0. The van der Waals surface area contributed by atoms with Crippen LogP contribution in [0.1, 0.15) is 11.1 Å². The number of hydrogen-bond acceptors (Lipinski definition) is 22. The molecule has 0 unspecified atom stereocenters. The van der Waals surface area contributed by atoms with Crippen molar-refractivity contribution in [2.75, 3.05) is 19.8 Å². The summed E-state index contributed by atoms with van der Waals surface area (Å²) in [6, 6.07) is 7.48. The number of benzene rings is 2. The van der Waals surface area contributed by atoms with Crippen LogP contribution >= 0.6 is 0 Å². The lowest BCUT2D eigenvalue weighted by Crippen LogP contribution is -2.60. The van der Waals surface area contributed by atoms with E-state index in [1.807, 2.05) is 0 Å². The number of phenols is 2. The maximum absolute atomic E-state index is 12.6. The fraction of sp³-hybridized carbons (Fsp3) is 0.500. The minimum absolute atomic E-state index is 0.210. The predicted molar refractivity (Wildman–Crippen MR) is 187 cm³/mol. The highest BCUT2D eigenvalue weighted by atomic mass is 16.7. The Hall–Kier alpha value is -4.50. The van der Waals surface area contributed by atoms with E-state index in [9.17, 15) is 76.0 Å². The zero-order valence-corrected chi connectivity index (χ0v) is 30.0. The Balaban J connectivity index is 1.11. The summed E-state index contributed by atoms with van der Waals surface area (Å²) in [5, 5.41) is 131. The van der Waals surface area contributed by atoms with E-state index in [1.54, 1.807) is 0 Å². The average Bonchev–Trinajstić information content (AvgIpc) is 3.20. The van der Waals surface area contributed by atoms with Crippen molar-refractivity contribution < 1.29 is 109 Å². The van der Waals surface area contributed by atoms with Crippen LogP contribution < -0.4 is 9.47 Å². The standard InChI is InChI=1S/C36H44O22/c37-11-20-25(43)28(46)31(49)34(55-20)53-18-5-1-14(9-16(18)39)3-7-23(41)52-13-22-27(45)30(48)33(51)36(57-22)58-24(42)8-4-15-2-6-19(17(40)10-15)54-35-32(50)29(47)26(44)21(12-38)56-35/h1-10,20-22,25-40,43-51H,11-13H2/t20-,21-,22-,25-,26-,27-,28+,29+,30+,31-,32-,33-,34-,35-,36+/m1/s1. The van der Waals surface area contributed by atoms with Gasteiger partial charge in [0.2, 0.25) is 18.9 Å². The highest BCUT2D eigenvalue weighted by Crippen LogP contribution is 2.33. The van der Waals surface area contributed by atoms with Gasteiger partial charge in [0.05, 0.1) is 13.2 Å². The van der Waals surface area contributed by atoms with Crippen LogP contribution in [0.5, 0.6) is 23.0 Å². The molecule has 13 N–H and O–H groups in total. The van der Waals surface area contributed by atoms with Gasteiger partial charge in [0.15, 0.2) is 23.0 Å². The lowest BCUT2D eigenvalue weighted by molar-refractivity contribution is -0.291. The average molecular weight is 829 g/mol. The molecule has 15 atom stereocenters.